The topological polar surface area (TPSA) is 79.5 Å². The minimum absolute atomic E-state index is 0.0785. The van der Waals surface area contributed by atoms with Crippen LogP contribution in [0.4, 0.5) is 19.3 Å². The predicted molar refractivity (Wildman–Crippen MR) is 64.2 cm³/mol. The molecule has 6 nitrogen and oxygen atoms in total. The molecule has 0 aliphatic rings. The number of carbonyl (C=O) groups is 2. The lowest BCUT2D eigenvalue weighted by Gasteiger charge is -2.12. The van der Waals surface area contributed by atoms with Crippen LogP contribution < -0.4 is 20.7 Å². The standard InChI is InChI=1S/C11H13F2N3O3/c1-14-11(18)16-9(17)6-15-7-4-2-3-5-8(7)19-10(12)13/h2-5,10,15H,6H2,1H3,(H2,14,16,17,18). The Morgan fingerprint density at radius 2 is 2.00 bits per heavy atom. The van der Waals surface area contributed by atoms with Crippen molar-refractivity contribution in [1.82, 2.24) is 10.6 Å². The fraction of sp³-hybridized carbons (Fsp3) is 0.273. The van der Waals surface area contributed by atoms with Gasteiger partial charge in [0.1, 0.15) is 5.75 Å². The first-order valence-electron chi connectivity index (χ1n) is 5.32. The summed E-state index contributed by atoms with van der Waals surface area (Å²) in [7, 11) is 1.36. The summed E-state index contributed by atoms with van der Waals surface area (Å²) in [6.07, 6.45) is 0. The van der Waals surface area contributed by atoms with Crippen LogP contribution in [0.25, 0.3) is 0 Å². The molecule has 0 aliphatic carbocycles. The fourth-order valence-electron chi connectivity index (χ4n) is 1.22. The van der Waals surface area contributed by atoms with Crippen LogP contribution in [0.2, 0.25) is 0 Å². The van der Waals surface area contributed by atoms with Crippen LogP contribution in [-0.4, -0.2) is 32.1 Å². The Morgan fingerprint density at radius 1 is 1.32 bits per heavy atom. The van der Waals surface area contributed by atoms with Crippen molar-refractivity contribution in [2.45, 2.75) is 6.61 Å². The molecule has 0 radical (unpaired) electrons. The molecular formula is C11H13F2N3O3. The number of nitrogens with one attached hydrogen (secondary N) is 3. The largest absolute Gasteiger partial charge is 0.433 e. The zero-order valence-corrected chi connectivity index (χ0v) is 10.1. The van der Waals surface area contributed by atoms with Gasteiger partial charge in [0.15, 0.2) is 0 Å². The van der Waals surface area contributed by atoms with Crippen LogP contribution in [0.1, 0.15) is 0 Å². The third kappa shape index (κ3) is 5.19. The maximum Gasteiger partial charge on any atom is 0.387 e. The SMILES string of the molecule is CNC(=O)NC(=O)CNc1ccccc1OC(F)F. The molecule has 0 fully saturated rings. The van der Waals surface area contributed by atoms with Crippen LogP contribution in [0.3, 0.4) is 0 Å². The van der Waals surface area contributed by atoms with Crippen molar-refractivity contribution in [1.29, 1.82) is 0 Å². The Morgan fingerprint density at radius 3 is 2.63 bits per heavy atom. The summed E-state index contributed by atoms with van der Waals surface area (Å²) in [5.74, 6) is -0.684. The second-order valence-electron chi connectivity index (χ2n) is 3.36. The minimum atomic E-state index is -2.96. The van der Waals surface area contributed by atoms with Crippen molar-refractivity contribution in [2.24, 2.45) is 0 Å². The molecule has 0 aliphatic heterocycles. The normalized spacial score (nSPS) is 9.89. The molecule has 0 heterocycles. The first-order chi connectivity index (χ1) is 9.02. The van der Waals surface area contributed by atoms with Gasteiger partial charge < -0.3 is 15.4 Å². The summed E-state index contributed by atoms with van der Waals surface area (Å²) in [5.41, 5.74) is 0.231. The third-order valence-corrected chi connectivity index (χ3v) is 2.02. The van der Waals surface area contributed by atoms with Gasteiger partial charge in [-0.15, -0.1) is 0 Å². The molecule has 1 rings (SSSR count). The van der Waals surface area contributed by atoms with Crippen LogP contribution in [0, 0.1) is 0 Å². The molecule has 0 bridgehead atoms. The van der Waals surface area contributed by atoms with Crippen molar-refractivity contribution in [3.8, 4) is 5.75 Å². The Balaban J connectivity index is 2.57. The highest BCUT2D eigenvalue weighted by Gasteiger charge is 2.10. The molecule has 0 saturated carbocycles. The lowest BCUT2D eigenvalue weighted by molar-refractivity contribution is -0.118. The van der Waals surface area contributed by atoms with Gasteiger partial charge in [-0.2, -0.15) is 8.78 Å². The highest BCUT2D eigenvalue weighted by Crippen LogP contribution is 2.24. The molecule has 3 N–H and O–H groups in total. The van der Waals surface area contributed by atoms with E-state index in [0.717, 1.165) is 0 Å². The Hall–Kier alpha value is -2.38. The van der Waals surface area contributed by atoms with E-state index in [0.29, 0.717) is 0 Å². The number of halogens is 2. The van der Waals surface area contributed by atoms with E-state index in [4.69, 9.17) is 0 Å². The second kappa shape index (κ2) is 7.14. The van der Waals surface area contributed by atoms with Gasteiger partial charge in [0, 0.05) is 7.05 Å². The first kappa shape index (κ1) is 14.7. The highest BCUT2D eigenvalue weighted by atomic mass is 19.3. The quantitative estimate of drug-likeness (QED) is 0.752. The van der Waals surface area contributed by atoms with Gasteiger partial charge in [-0.1, -0.05) is 12.1 Å². The summed E-state index contributed by atoms with van der Waals surface area (Å²) in [6.45, 7) is -3.21. The van der Waals surface area contributed by atoms with Crippen LogP contribution in [-0.2, 0) is 4.79 Å². The molecule has 104 valence electrons. The summed E-state index contributed by atoms with van der Waals surface area (Å²) in [5, 5.41) is 6.83. The van der Waals surface area contributed by atoms with Gasteiger partial charge in [0.05, 0.1) is 12.2 Å². The Kier molecular flexibility index (Phi) is 5.52. The first-order valence-corrected chi connectivity index (χ1v) is 5.32. The number of hydrogen-bond acceptors (Lipinski definition) is 4. The van der Waals surface area contributed by atoms with Crippen LogP contribution >= 0.6 is 0 Å². The number of imide groups is 1. The Bertz CT molecular complexity index is 455. The number of ether oxygens (including phenoxy) is 1. The molecule has 8 heteroatoms. The molecule has 0 aromatic heterocycles. The maximum atomic E-state index is 12.1. The van der Waals surface area contributed by atoms with E-state index in [1.165, 1.54) is 25.2 Å². The monoisotopic (exact) mass is 273 g/mol. The second-order valence-corrected chi connectivity index (χ2v) is 3.36. The average molecular weight is 273 g/mol. The molecule has 3 amide bonds. The van der Waals surface area contributed by atoms with Crippen molar-refractivity contribution >= 4 is 17.6 Å². The van der Waals surface area contributed by atoms with Gasteiger partial charge in [-0.05, 0) is 12.1 Å². The van der Waals surface area contributed by atoms with E-state index in [-0.39, 0.29) is 18.0 Å². The number of amides is 3. The summed E-state index contributed by atoms with van der Waals surface area (Å²) in [4.78, 5) is 22.1. The lowest BCUT2D eigenvalue weighted by Crippen LogP contribution is -2.40. The average Bonchev–Trinajstić information content (AvgIpc) is 2.37. The van der Waals surface area contributed by atoms with E-state index in [9.17, 15) is 18.4 Å². The number of benzene rings is 1. The third-order valence-electron chi connectivity index (χ3n) is 2.02. The van der Waals surface area contributed by atoms with Crippen molar-refractivity contribution in [3.63, 3.8) is 0 Å². The van der Waals surface area contributed by atoms with E-state index < -0.39 is 18.5 Å². The summed E-state index contributed by atoms with van der Waals surface area (Å²) in [6, 6.07) is 5.28. The number of urea groups is 1. The number of para-hydroxylation sites is 2. The van der Waals surface area contributed by atoms with Crippen molar-refractivity contribution in [2.75, 3.05) is 18.9 Å². The van der Waals surface area contributed by atoms with E-state index >= 15 is 0 Å². The number of alkyl halides is 2. The molecule has 1 aromatic carbocycles. The number of carbonyl (C=O) groups excluding carboxylic acids is 2. The molecular weight excluding hydrogens is 260 g/mol. The van der Waals surface area contributed by atoms with Gasteiger partial charge >= 0.3 is 12.6 Å². The lowest BCUT2D eigenvalue weighted by atomic mass is 10.3. The molecule has 1 aromatic rings. The molecule has 19 heavy (non-hydrogen) atoms. The van der Waals surface area contributed by atoms with Gasteiger partial charge in [0.25, 0.3) is 0 Å². The fourth-order valence-corrected chi connectivity index (χ4v) is 1.22. The summed E-state index contributed by atoms with van der Waals surface area (Å²) >= 11 is 0. The zero-order chi connectivity index (χ0) is 14.3. The molecule has 0 unspecified atom stereocenters. The van der Waals surface area contributed by atoms with Gasteiger partial charge in [0.2, 0.25) is 5.91 Å². The Labute approximate surface area is 108 Å². The maximum absolute atomic E-state index is 12.1. The zero-order valence-electron chi connectivity index (χ0n) is 10.1. The molecule has 0 atom stereocenters. The molecule has 0 spiro atoms. The van der Waals surface area contributed by atoms with E-state index in [1.807, 2.05) is 5.32 Å². The van der Waals surface area contributed by atoms with E-state index in [1.54, 1.807) is 6.07 Å². The van der Waals surface area contributed by atoms with Gasteiger partial charge in [-0.3, -0.25) is 10.1 Å². The minimum Gasteiger partial charge on any atom is -0.433 e. The van der Waals surface area contributed by atoms with Crippen molar-refractivity contribution < 1.29 is 23.1 Å². The smallest absolute Gasteiger partial charge is 0.387 e. The van der Waals surface area contributed by atoms with Gasteiger partial charge in [-0.25, -0.2) is 4.79 Å². The number of hydrogen-bond donors (Lipinski definition) is 3. The van der Waals surface area contributed by atoms with Crippen molar-refractivity contribution in [3.05, 3.63) is 24.3 Å². The predicted octanol–water partition coefficient (Wildman–Crippen LogP) is 1.16. The molecule has 0 saturated heterocycles. The number of anilines is 1. The number of rotatable bonds is 5. The van der Waals surface area contributed by atoms with E-state index in [2.05, 4.69) is 15.4 Å². The van der Waals surface area contributed by atoms with Crippen LogP contribution in [0.5, 0.6) is 5.75 Å². The van der Waals surface area contributed by atoms with Crippen LogP contribution in [0.15, 0.2) is 24.3 Å². The summed E-state index contributed by atoms with van der Waals surface area (Å²) < 4.78 is 28.5. The highest BCUT2D eigenvalue weighted by molar-refractivity contribution is 5.96.